The van der Waals surface area contributed by atoms with Crippen molar-refractivity contribution >= 4 is 17.5 Å². The summed E-state index contributed by atoms with van der Waals surface area (Å²) in [4.78, 5) is 27.1. The molecule has 0 radical (unpaired) electrons. The van der Waals surface area contributed by atoms with Crippen LogP contribution in [0.5, 0.6) is 0 Å². The first-order valence-electron chi connectivity index (χ1n) is 9.18. The van der Waals surface area contributed by atoms with Crippen LogP contribution in [0.3, 0.4) is 0 Å². The molecule has 2 amide bonds. The van der Waals surface area contributed by atoms with Crippen molar-refractivity contribution in [1.82, 2.24) is 0 Å². The fraction of sp³-hybridized carbons (Fsp3) is 0.318. The van der Waals surface area contributed by atoms with Gasteiger partial charge in [-0.05, 0) is 74.9 Å². The van der Waals surface area contributed by atoms with Crippen LogP contribution >= 0.6 is 0 Å². The average molecular weight is 365 g/mol. The third-order valence-corrected chi connectivity index (χ3v) is 4.32. The molecular weight excluding hydrogens is 338 g/mol. The fourth-order valence-corrected chi connectivity index (χ4v) is 2.87. The van der Waals surface area contributed by atoms with Crippen molar-refractivity contribution < 1.29 is 9.59 Å². The van der Waals surface area contributed by atoms with Crippen LogP contribution < -0.4 is 11.5 Å². The van der Waals surface area contributed by atoms with Crippen LogP contribution in [0.4, 0.5) is 0 Å². The molecule has 0 aliphatic carbocycles. The van der Waals surface area contributed by atoms with Gasteiger partial charge in [-0.25, -0.2) is 0 Å². The van der Waals surface area contributed by atoms with Crippen molar-refractivity contribution in [3.63, 3.8) is 0 Å². The van der Waals surface area contributed by atoms with Gasteiger partial charge in [0.05, 0.1) is 0 Å². The molecule has 0 unspecified atom stereocenters. The van der Waals surface area contributed by atoms with Gasteiger partial charge in [-0.1, -0.05) is 24.3 Å². The lowest BCUT2D eigenvalue weighted by atomic mass is 10.00. The maximum atomic E-state index is 11.2. The number of carbonyl (C=O) groups is 2. The molecule has 2 aromatic rings. The van der Waals surface area contributed by atoms with E-state index in [1.54, 1.807) is 24.3 Å². The molecule has 2 aromatic carbocycles. The van der Waals surface area contributed by atoms with Crippen molar-refractivity contribution in [2.24, 2.45) is 16.5 Å². The predicted octanol–water partition coefficient (Wildman–Crippen LogP) is 3.30. The van der Waals surface area contributed by atoms with Gasteiger partial charge in [-0.2, -0.15) is 0 Å². The number of aryl methyl sites for hydroxylation is 2. The van der Waals surface area contributed by atoms with Crippen LogP contribution in [-0.4, -0.2) is 23.6 Å². The Bertz CT molecular complexity index is 743. The molecule has 0 aliphatic rings. The van der Waals surface area contributed by atoms with Crippen LogP contribution in [0, 0.1) is 0 Å². The number of aliphatic imine (C=N–C) groups is 1. The molecule has 2 rings (SSSR count). The Morgan fingerprint density at radius 3 is 1.44 bits per heavy atom. The molecule has 4 N–H and O–H groups in total. The Hall–Kier alpha value is -2.95. The Morgan fingerprint density at radius 1 is 0.778 bits per heavy atom. The van der Waals surface area contributed by atoms with Crippen LogP contribution in [-0.2, 0) is 12.8 Å². The van der Waals surface area contributed by atoms with E-state index < -0.39 is 11.8 Å². The minimum atomic E-state index is -0.411. The summed E-state index contributed by atoms with van der Waals surface area (Å²) in [7, 11) is 0. The monoisotopic (exact) mass is 365 g/mol. The molecule has 0 heterocycles. The van der Waals surface area contributed by atoms with Crippen molar-refractivity contribution in [1.29, 1.82) is 0 Å². The first kappa shape index (κ1) is 20.4. The summed E-state index contributed by atoms with van der Waals surface area (Å²) < 4.78 is 0. The molecular formula is C22H27N3O2. The molecule has 0 saturated carbocycles. The summed E-state index contributed by atoms with van der Waals surface area (Å²) in [6.45, 7) is 4.15. The standard InChI is InChI=1S/C22H27N3O2/c1-15(2)25-20(13-7-16-3-9-18(10-4-16)21(23)26)14-8-17-5-11-19(12-6-17)22(24)27/h3-6,9-12,15H,7-8,13-14H2,1-2H3,(H2,23,26)(H2,24,27). The molecule has 27 heavy (non-hydrogen) atoms. The maximum absolute atomic E-state index is 11.2. The van der Waals surface area contributed by atoms with Crippen molar-refractivity contribution in [2.45, 2.75) is 45.6 Å². The minimum absolute atomic E-state index is 0.245. The normalized spacial score (nSPS) is 10.6. The van der Waals surface area contributed by atoms with Crippen LogP contribution in [0.25, 0.3) is 0 Å². The molecule has 0 bridgehead atoms. The van der Waals surface area contributed by atoms with E-state index in [9.17, 15) is 9.59 Å². The van der Waals surface area contributed by atoms with E-state index in [1.165, 1.54) is 5.71 Å². The van der Waals surface area contributed by atoms with Gasteiger partial charge < -0.3 is 11.5 Å². The highest BCUT2D eigenvalue weighted by molar-refractivity contribution is 5.93. The quantitative estimate of drug-likeness (QED) is 0.667. The lowest BCUT2D eigenvalue weighted by molar-refractivity contribution is 0.0992. The van der Waals surface area contributed by atoms with E-state index in [2.05, 4.69) is 13.8 Å². The van der Waals surface area contributed by atoms with Gasteiger partial charge in [-0.3, -0.25) is 14.6 Å². The van der Waals surface area contributed by atoms with Gasteiger partial charge in [0.1, 0.15) is 0 Å². The molecule has 5 heteroatoms. The predicted molar refractivity (Wildman–Crippen MR) is 109 cm³/mol. The highest BCUT2D eigenvalue weighted by Gasteiger charge is 2.06. The number of nitrogens with zero attached hydrogens (tertiary/aromatic N) is 1. The number of amides is 2. The summed E-state index contributed by atoms with van der Waals surface area (Å²) in [5.41, 5.74) is 15.1. The number of primary amides is 2. The summed E-state index contributed by atoms with van der Waals surface area (Å²) in [6.07, 6.45) is 3.47. The van der Waals surface area contributed by atoms with Gasteiger partial charge in [-0.15, -0.1) is 0 Å². The van der Waals surface area contributed by atoms with E-state index >= 15 is 0 Å². The second-order valence-electron chi connectivity index (χ2n) is 6.91. The third-order valence-electron chi connectivity index (χ3n) is 4.32. The topological polar surface area (TPSA) is 98.5 Å². The van der Waals surface area contributed by atoms with E-state index in [1.807, 2.05) is 24.3 Å². The number of carbonyl (C=O) groups excluding carboxylic acids is 2. The lowest BCUT2D eigenvalue weighted by Crippen LogP contribution is -2.11. The number of hydrogen-bond donors (Lipinski definition) is 2. The minimum Gasteiger partial charge on any atom is -0.366 e. The first-order valence-corrected chi connectivity index (χ1v) is 9.18. The van der Waals surface area contributed by atoms with Crippen LogP contribution in [0.15, 0.2) is 53.5 Å². The number of nitrogens with two attached hydrogens (primary N) is 2. The SMILES string of the molecule is CC(C)N=C(CCc1ccc(C(N)=O)cc1)CCc1ccc(C(N)=O)cc1. The second-order valence-corrected chi connectivity index (χ2v) is 6.91. The van der Waals surface area contributed by atoms with Gasteiger partial charge in [0.2, 0.25) is 11.8 Å². The fourth-order valence-electron chi connectivity index (χ4n) is 2.87. The summed E-state index contributed by atoms with van der Waals surface area (Å²) in [5, 5.41) is 0. The van der Waals surface area contributed by atoms with Gasteiger partial charge in [0.15, 0.2) is 0 Å². The van der Waals surface area contributed by atoms with E-state index in [0.717, 1.165) is 36.8 Å². The summed E-state index contributed by atoms with van der Waals surface area (Å²) >= 11 is 0. The Kier molecular flexibility index (Phi) is 7.29. The van der Waals surface area contributed by atoms with Gasteiger partial charge in [0, 0.05) is 22.9 Å². The summed E-state index contributed by atoms with van der Waals surface area (Å²) in [6, 6.07) is 15.0. The van der Waals surface area contributed by atoms with Crippen molar-refractivity contribution in [3.8, 4) is 0 Å². The second kappa shape index (κ2) is 9.67. The zero-order valence-electron chi connectivity index (χ0n) is 15.9. The molecule has 5 nitrogen and oxygen atoms in total. The molecule has 0 saturated heterocycles. The van der Waals surface area contributed by atoms with Crippen molar-refractivity contribution in [3.05, 3.63) is 70.8 Å². The van der Waals surface area contributed by atoms with Gasteiger partial charge >= 0.3 is 0 Å². The molecule has 0 spiro atoms. The third kappa shape index (κ3) is 6.70. The molecule has 0 atom stereocenters. The highest BCUT2D eigenvalue weighted by atomic mass is 16.1. The maximum Gasteiger partial charge on any atom is 0.248 e. The Balaban J connectivity index is 1.96. The average Bonchev–Trinajstić information content (AvgIpc) is 2.64. The number of benzene rings is 2. The smallest absolute Gasteiger partial charge is 0.248 e. The van der Waals surface area contributed by atoms with Crippen molar-refractivity contribution in [2.75, 3.05) is 0 Å². The largest absolute Gasteiger partial charge is 0.366 e. The van der Waals surface area contributed by atoms with E-state index in [0.29, 0.717) is 11.1 Å². The summed E-state index contributed by atoms with van der Waals surface area (Å²) in [5.74, 6) is -0.822. The zero-order valence-corrected chi connectivity index (χ0v) is 15.9. The number of rotatable bonds is 9. The molecule has 0 fully saturated rings. The number of hydrogen-bond acceptors (Lipinski definition) is 3. The van der Waals surface area contributed by atoms with E-state index in [-0.39, 0.29) is 6.04 Å². The molecule has 142 valence electrons. The van der Waals surface area contributed by atoms with Crippen LogP contribution in [0.1, 0.15) is 58.5 Å². The van der Waals surface area contributed by atoms with Gasteiger partial charge in [0.25, 0.3) is 0 Å². The molecule has 0 aliphatic heterocycles. The Morgan fingerprint density at radius 2 is 1.15 bits per heavy atom. The van der Waals surface area contributed by atoms with E-state index in [4.69, 9.17) is 16.5 Å². The molecule has 0 aromatic heterocycles. The lowest BCUT2D eigenvalue weighted by Gasteiger charge is -2.10. The van der Waals surface area contributed by atoms with Crippen LogP contribution in [0.2, 0.25) is 0 Å². The first-order chi connectivity index (χ1) is 12.8. The highest BCUT2D eigenvalue weighted by Crippen LogP contribution is 2.12. The zero-order chi connectivity index (χ0) is 19.8. The Labute approximate surface area is 160 Å².